The van der Waals surface area contributed by atoms with Crippen molar-refractivity contribution in [3.8, 4) is 5.75 Å². The Balaban J connectivity index is 1.89. The first-order valence-corrected chi connectivity index (χ1v) is 7.23. The Hall–Kier alpha value is -3.22. The van der Waals surface area contributed by atoms with Gasteiger partial charge in [0.25, 0.3) is 11.6 Å². The second-order valence-electron chi connectivity index (χ2n) is 5.14. The first kappa shape index (κ1) is 17.1. The molecule has 0 aliphatic carbocycles. The van der Waals surface area contributed by atoms with E-state index in [1.807, 2.05) is 25.1 Å². The van der Waals surface area contributed by atoms with Gasteiger partial charge in [0, 0.05) is 12.1 Å². The van der Waals surface area contributed by atoms with Crippen LogP contribution in [-0.2, 0) is 4.79 Å². The molecule has 124 valence electrons. The number of nitrogens with one attached hydrogen (secondary N) is 1. The van der Waals surface area contributed by atoms with E-state index >= 15 is 0 Å². The number of non-ortho nitro benzene ring substituents is 1. The number of amides is 1. The van der Waals surface area contributed by atoms with Gasteiger partial charge in [0.05, 0.1) is 10.6 Å². The number of carbonyl (C=O) groups is 1. The minimum atomic E-state index is -0.472. The van der Waals surface area contributed by atoms with Gasteiger partial charge in [-0.05, 0) is 49.2 Å². The molecule has 2 rings (SSSR count). The summed E-state index contributed by atoms with van der Waals surface area (Å²) in [7, 11) is 0. The number of hydrogen-bond acceptors (Lipinski definition) is 5. The Morgan fingerprint density at radius 2 is 1.96 bits per heavy atom. The van der Waals surface area contributed by atoms with Crippen LogP contribution in [0.1, 0.15) is 18.1 Å². The van der Waals surface area contributed by atoms with Gasteiger partial charge < -0.3 is 4.74 Å². The van der Waals surface area contributed by atoms with Crippen LogP contribution in [0.15, 0.2) is 53.6 Å². The van der Waals surface area contributed by atoms with E-state index in [9.17, 15) is 14.9 Å². The number of nitrogens with zero attached hydrogens (tertiary/aromatic N) is 2. The molecule has 1 N–H and O–H groups in total. The molecular weight excluding hydrogens is 310 g/mol. The van der Waals surface area contributed by atoms with Gasteiger partial charge in [0.1, 0.15) is 5.75 Å². The predicted octanol–water partition coefficient (Wildman–Crippen LogP) is 2.82. The van der Waals surface area contributed by atoms with Gasteiger partial charge >= 0.3 is 0 Å². The number of nitro benzene ring substituents is 1. The Bertz CT molecular complexity index is 770. The lowest BCUT2D eigenvalue weighted by atomic mass is 10.1. The highest BCUT2D eigenvalue weighted by Gasteiger charge is 2.06. The van der Waals surface area contributed by atoms with Crippen molar-refractivity contribution in [3.05, 3.63) is 69.8 Å². The summed E-state index contributed by atoms with van der Waals surface area (Å²) >= 11 is 0. The topological polar surface area (TPSA) is 93.8 Å². The first-order chi connectivity index (χ1) is 11.5. The molecule has 0 saturated carbocycles. The van der Waals surface area contributed by atoms with Gasteiger partial charge in [-0.3, -0.25) is 14.9 Å². The summed E-state index contributed by atoms with van der Waals surface area (Å²) in [4.78, 5) is 21.9. The Kier molecular flexibility index (Phi) is 5.62. The highest BCUT2D eigenvalue weighted by Crippen LogP contribution is 2.13. The minimum Gasteiger partial charge on any atom is -0.484 e. The summed E-state index contributed by atoms with van der Waals surface area (Å²) in [6, 6.07) is 13.3. The Morgan fingerprint density at radius 3 is 2.58 bits per heavy atom. The lowest BCUT2D eigenvalue weighted by molar-refractivity contribution is -0.384. The molecule has 0 radical (unpaired) electrons. The number of benzene rings is 2. The molecule has 0 heterocycles. The molecule has 0 bridgehead atoms. The van der Waals surface area contributed by atoms with Gasteiger partial charge in [-0.1, -0.05) is 12.1 Å². The van der Waals surface area contributed by atoms with Crippen LogP contribution >= 0.6 is 0 Å². The maximum Gasteiger partial charge on any atom is 0.277 e. The Morgan fingerprint density at radius 1 is 1.25 bits per heavy atom. The molecule has 0 aliphatic heterocycles. The lowest BCUT2D eigenvalue weighted by Gasteiger charge is -2.06. The molecule has 0 fully saturated rings. The molecule has 0 aromatic heterocycles. The van der Waals surface area contributed by atoms with Crippen LogP contribution in [-0.4, -0.2) is 23.1 Å². The van der Waals surface area contributed by atoms with Crippen LogP contribution in [0.2, 0.25) is 0 Å². The number of nitro groups is 1. The fourth-order valence-electron chi connectivity index (χ4n) is 1.92. The largest absolute Gasteiger partial charge is 0.484 e. The number of hydrogen-bond donors (Lipinski definition) is 1. The van der Waals surface area contributed by atoms with Gasteiger partial charge in [-0.25, -0.2) is 5.43 Å². The molecule has 1 amide bonds. The van der Waals surface area contributed by atoms with Crippen molar-refractivity contribution in [1.82, 2.24) is 5.43 Å². The second-order valence-corrected chi connectivity index (χ2v) is 5.14. The number of aryl methyl sites for hydroxylation is 1. The van der Waals surface area contributed by atoms with Crippen molar-refractivity contribution < 1.29 is 14.5 Å². The van der Waals surface area contributed by atoms with E-state index in [1.54, 1.807) is 25.1 Å². The number of ether oxygens (including phenoxy) is 1. The zero-order valence-electron chi connectivity index (χ0n) is 13.4. The molecule has 2 aromatic rings. The fourth-order valence-corrected chi connectivity index (χ4v) is 1.92. The zero-order chi connectivity index (χ0) is 17.5. The normalized spacial score (nSPS) is 11.0. The molecule has 0 atom stereocenters. The average molecular weight is 327 g/mol. The van der Waals surface area contributed by atoms with Gasteiger partial charge in [-0.15, -0.1) is 0 Å². The second kappa shape index (κ2) is 7.87. The highest BCUT2D eigenvalue weighted by molar-refractivity contribution is 5.99. The SMILES string of the molecule is C/C(=N\NC(=O)COc1cccc(C)c1)c1ccc([N+](=O)[O-])cc1. The van der Waals surface area contributed by atoms with Crippen molar-refractivity contribution in [1.29, 1.82) is 0 Å². The average Bonchev–Trinajstić information content (AvgIpc) is 2.58. The molecule has 0 unspecified atom stereocenters. The van der Waals surface area contributed by atoms with E-state index in [4.69, 9.17) is 4.74 Å². The summed E-state index contributed by atoms with van der Waals surface area (Å²) in [5.74, 6) is 0.221. The number of hydrazone groups is 1. The van der Waals surface area contributed by atoms with Crippen molar-refractivity contribution in [2.24, 2.45) is 5.10 Å². The maximum absolute atomic E-state index is 11.7. The molecule has 24 heavy (non-hydrogen) atoms. The molecule has 0 spiro atoms. The van der Waals surface area contributed by atoms with Gasteiger partial charge in [-0.2, -0.15) is 5.10 Å². The van der Waals surface area contributed by atoms with E-state index in [1.165, 1.54) is 12.1 Å². The third kappa shape index (κ3) is 4.91. The molecule has 7 nitrogen and oxygen atoms in total. The van der Waals surface area contributed by atoms with Crippen molar-refractivity contribution in [3.63, 3.8) is 0 Å². The smallest absolute Gasteiger partial charge is 0.277 e. The summed E-state index contributed by atoms with van der Waals surface area (Å²) in [5.41, 5.74) is 4.65. The van der Waals surface area contributed by atoms with Crippen LogP contribution < -0.4 is 10.2 Å². The highest BCUT2D eigenvalue weighted by atomic mass is 16.6. The van der Waals surface area contributed by atoms with E-state index in [-0.39, 0.29) is 12.3 Å². The van der Waals surface area contributed by atoms with Crippen LogP contribution in [0.3, 0.4) is 0 Å². The molecule has 0 saturated heterocycles. The van der Waals surface area contributed by atoms with E-state index in [0.29, 0.717) is 17.0 Å². The van der Waals surface area contributed by atoms with E-state index in [2.05, 4.69) is 10.5 Å². The number of carbonyl (C=O) groups excluding carboxylic acids is 1. The summed E-state index contributed by atoms with van der Waals surface area (Å²) in [5, 5.41) is 14.6. The summed E-state index contributed by atoms with van der Waals surface area (Å²) in [6.45, 7) is 3.48. The third-order valence-corrected chi connectivity index (χ3v) is 3.20. The van der Waals surface area contributed by atoms with Crippen molar-refractivity contribution >= 4 is 17.3 Å². The molecule has 2 aromatic carbocycles. The quantitative estimate of drug-likeness (QED) is 0.501. The zero-order valence-corrected chi connectivity index (χ0v) is 13.4. The van der Waals surface area contributed by atoms with E-state index in [0.717, 1.165) is 5.56 Å². The van der Waals surface area contributed by atoms with Gasteiger partial charge in [0.2, 0.25) is 0 Å². The van der Waals surface area contributed by atoms with Crippen LogP contribution in [0.25, 0.3) is 0 Å². The molecule has 0 aliphatic rings. The third-order valence-electron chi connectivity index (χ3n) is 3.20. The first-order valence-electron chi connectivity index (χ1n) is 7.23. The van der Waals surface area contributed by atoms with Gasteiger partial charge in [0.15, 0.2) is 6.61 Å². The minimum absolute atomic E-state index is 0.00198. The van der Waals surface area contributed by atoms with Crippen LogP contribution in [0.5, 0.6) is 5.75 Å². The van der Waals surface area contributed by atoms with E-state index < -0.39 is 10.8 Å². The fraction of sp³-hybridized carbons (Fsp3) is 0.176. The standard InChI is InChI=1S/C17H17N3O4/c1-12-4-3-5-16(10-12)24-11-17(21)19-18-13(2)14-6-8-15(9-7-14)20(22)23/h3-10H,11H2,1-2H3,(H,19,21)/b18-13+. The van der Waals surface area contributed by atoms with Crippen molar-refractivity contribution in [2.75, 3.05) is 6.61 Å². The Labute approximate surface area is 139 Å². The molecule has 7 heteroatoms. The summed E-state index contributed by atoms with van der Waals surface area (Å²) in [6.07, 6.45) is 0. The van der Waals surface area contributed by atoms with Crippen molar-refractivity contribution in [2.45, 2.75) is 13.8 Å². The lowest BCUT2D eigenvalue weighted by Crippen LogP contribution is -2.25. The maximum atomic E-state index is 11.7. The monoisotopic (exact) mass is 327 g/mol. The van der Waals surface area contributed by atoms with Crippen LogP contribution in [0.4, 0.5) is 5.69 Å². The predicted molar refractivity (Wildman–Crippen MR) is 90.1 cm³/mol. The molecular formula is C17H17N3O4. The number of rotatable bonds is 6. The van der Waals surface area contributed by atoms with Crippen LogP contribution in [0, 0.1) is 17.0 Å². The summed E-state index contributed by atoms with van der Waals surface area (Å²) < 4.78 is 5.37.